The zero-order valence-corrected chi connectivity index (χ0v) is 18.4. The maximum atomic E-state index is 12.4. The van der Waals surface area contributed by atoms with Crippen molar-refractivity contribution in [2.75, 3.05) is 14.2 Å². The van der Waals surface area contributed by atoms with Gasteiger partial charge in [0.15, 0.2) is 11.5 Å². The van der Waals surface area contributed by atoms with E-state index < -0.39 is 5.97 Å². The highest BCUT2D eigenvalue weighted by Crippen LogP contribution is 2.28. The van der Waals surface area contributed by atoms with Crippen molar-refractivity contribution in [1.82, 2.24) is 5.43 Å². The minimum atomic E-state index is -0.524. The predicted octanol–water partition coefficient (Wildman–Crippen LogP) is 4.45. The first-order chi connectivity index (χ1) is 15.0. The molecule has 0 aromatic heterocycles. The minimum absolute atomic E-state index is 0.321. The van der Waals surface area contributed by atoms with E-state index >= 15 is 0 Å². The van der Waals surface area contributed by atoms with E-state index in [4.69, 9.17) is 14.2 Å². The Kier molecular flexibility index (Phi) is 7.40. The van der Waals surface area contributed by atoms with Gasteiger partial charge in [-0.2, -0.15) is 5.10 Å². The lowest BCUT2D eigenvalue weighted by molar-refractivity contribution is 0.0734. The van der Waals surface area contributed by atoms with Crippen LogP contribution in [0, 0.1) is 0 Å². The number of hydrazone groups is 1. The normalized spacial score (nSPS) is 10.5. The molecule has 0 spiro atoms. The molecule has 0 aliphatic carbocycles. The standard InChI is InChI=1S/C23H19BrN2O5/c1-29-20-11-8-17(13-21(20)30-2)23(28)31-19-9-6-15(7-10-19)14-25-26-22(27)16-4-3-5-18(24)12-16/h3-14H,1-2H3,(H,26,27)/b25-14-. The molecule has 3 aromatic rings. The zero-order valence-electron chi connectivity index (χ0n) is 16.8. The van der Waals surface area contributed by atoms with Gasteiger partial charge in [-0.1, -0.05) is 22.0 Å². The fraction of sp³-hybridized carbons (Fsp3) is 0.0870. The van der Waals surface area contributed by atoms with E-state index in [0.29, 0.717) is 28.4 Å². The monoisotopic (exact) mass is 482 g/mol. The molecule has 1 N–H and O–H groups in total. The van der Waals surface area contributed by atoms with E-state index in [9.17, 15) is 9.59 Å². The van der Waals surface area contributed by atoms with Crippen molar-refractivity contribution in [3.05, 3.63) is 87.9 Å². The molecular formula is C23H19BrN2O5. The summed E-state index contributed by atoms with van der Waals surface area (Å²) in [6.45, 7) is 0. The lowest BCUT2D eigenvalue weighted by atomic mass is 10.2. The van der Waals surface area contributed by atoms with Gasteiger partial charge in [-0.3, -0.25) is 4.79 Å². The predicted molar refractivity (Wildman–Crippen MR) is 120 cm³/mol. The lowest BCUT2D eigenvalue weighted by Crippen LogP contribution is -2.17. The van der Waals surface area contributed by atoms with Gasteiger partial charge in [-0.05, 0) is 66.2 Å². The number of hydrogen-bond donors (Lipinski definition) is 1. The van der Waals surface area contributed by atoms with Crippen LogP contribution >= 0.6 is 15.9 Å². The second-order valence-corrected chi connectivity index (χ2v) is 7.15. The second-order valence-electron chi connectivity index (χ2n) is 6.24. The summed E-state index contributed by atoms with van der Waals surface area (Å²) in [5.41, 5.74) is 4.01. The second kappa shape index (κ2) is 10.4. The third kappa shape index (κ3) is 5.93. The van der Waals surface area contributed by atoms with E-state index in [2.05, 4.69) is 26.5 Å². The fourth-order valence-electron chi connectivity index (χ4n) is 2.61. The number of amides is 1. The molecule has 1 amide bonds. The molecule has 0 atom stereocenters. The molecule has 0 aliphatic rings. The highest BCUT2D eigenvalue weighted by molar-refractivity contribution is 9.10. The molecule has 0 aliphatic heterocycles. The number of carbonyl (C=O) groups excluding carboxylic acids is 2. The van der Waals surface area contributed by atoms with Crippen molar-refractivity contribution in [2.45, 2.75) is 0 Å². The molecule has 158 valence electrons. The van der Waals surface area contributed by atoms with Crippen LogP contribution in [0.3, 0.4) is 0 Å². The van der Waals surface area contributed by atoms with E-state index in [1.165, 1.54) is 20.4 Å². The SMILES string of the molecule is COc1ccc(C(=O)Oc2ccc(/C=N\NC(=O)c3cccc(Br)c3)cc2)cc1OC. The zero-order chi connectivity index (χ0) is 22.2. The van der Waals surface area contributed by atoms with Crippen LogP contribution in [0.1, 0.15) is 26.3 Å². The van der Waals surface area contributed by atoms with Crippen molar-refractivity contribution < 1.29 is 23.8 Å². The van der Waals surface area contributed by atoms with E-state index in [1.54, 1.807) is 60.7 Å². The molecule has 0 saturated heterocycles. The van der Waals surface area contributed by atoms with Crippen molar-refractivity contribution in [1.29, 1.82) is 0 Å². The van der Waals surface area contributed by atoms with E-state index in [-0.39, 0.29) is 5.91 Å². The van der Waals surface area contributed by atoms with Gasteiger partial charge in [0.2, 0.25) is 0 Å². The van der Waals surface area contributed by atoms with Crippen molar-refractivity contribution in [3.63, 3.8) is 0 Å². The van der Waals surface area contributed by atoms with Crippen LogP contribution in [0.5, 0.6) is 17.2 Å². The smallest absolute Gasteiger partial charge is 0.343 e. The average Bonchev–Trinajstić information content (AvgIpc) is 2.79. The summed E-state index contributed by atoms with van der Waals surface area (Å²) >= 11 is 3.32. The van der Waals surface area contributed by atoms with Crippen LogP contribution < -0.4 is 19.6 Å². The first kappa shape index (κ1) is 22.0. The number of rotatable bonds is 7. The van der Waals surface area contributed by atoms with Gasteiger partial charge in [0.05, 0.1) is 26.0 Å². The molecule has 0 unspecified atom stereocenters. The van der Waals surface area contributed by atoms with Crippen molar-refractivity contribution >= 4 is 34.0 Å². The molecule has 8 heteroatoms. The molecule has 0 saturated carbocycles. The first-order valence-corrected chi connectivity index (χ1v) is 9.92. The Bertz CT molecular complexity index is 1110. The highest BCUT2D eigenvalue weighted by Gasteiger charge is 2.13. The number of nitrogens with one attached hydrogen (secondary N) is 1. The summed E-state index contributed by atoms with van der Waals surface area (Å²) in [7, 11) is 3.02. The lowest BCUT2D eigenvalue weighted by Gasteiger charge is -2.09. The van der Waals surface area contributed by atoms with Gasteiger partial charge in [0.25, 0.3) is 5.91 Å². The number of nitrogens with zero attached hydrogens (tertiary/aromatic N) is 1. The number of ether oxygens (including phenoxy) is 3. The topological polar surface area (TPSA) is 86.2 Å². The van der Waals surface area contributed by atoms with Crippen molar-refractivity contribution in [2.24, 2.45) is 5.10 Å². The number of methoxy groups -OCH3 is 2. The number of benzene rings is 3. The average molecular weight is 483 g/mol. The Balaban J connectivity index is 1.59. The maximum absolute atomic E-state index is 12.4. The minimum Gasteiger partial charge on any atom is -0.493 e. The van der Waals surface area contributed by atoms with Gasteiger partial charge in [-0.25, -0.2) is 10.2 Å². The summed E-state index contributed by atoms with van der Waals surface area (Å²) in [6.07, 6.45) is 1.50. The van der Waals surface area contributed by atoms with Gasteiger partial charge in [-0.15, -0.1) is 0 Å². The summed E-state index contributed by atoms with van der Waals surface area (Å²) in [4.78, 5) is 24.4. The van der Waals surface area contributed by atoms with Crippen LogP contribution in [-0.4, -0.2) is 32.3 Å². The largest absolute Gasteiger partial charge is 0.493 e. The first-order valence-electron chi connectivity index (χ1n) is 9.13. The summed E-state index contributed by atoms with van der Waals surface area (Å²) in [6, 6.07) is 18.5. The maximum Gasteiger partial charge on any atom is 0.343 e. The number of carbonyl (C=O) groups is 2. The van der Waals surface area contributed by atoms with Gasteiger partial charge < -0.3 is 14.2 Å². The number of halogens is 1. The van der Waals surface area contributed by atoms with Crippen LogP contribution in [-0.2, 0) is 0 Å². The summed E-state index contributed by atoms with van der Waals surface area (Å²) in [5, 5.41) is 3.95. The summed E-state index contributed by atoms with van der Waals surface area (Å²) in [5.74, 6) is 0.486. The van der Waals surface area contributed by atoms with Crippen LogP contribution in [0.25, 0.3) is 0 Å². The van der Waals surface area contributed by atoms with Crippen LogP contribution in [0.15, 0.2) is 76.3 Å². The van der Waals surface area contributed by atoms with Gasteiger partial charge in [0, 0.05) is 10.0 Å². The van der Waals surface area contributed by atoms with E-state index in [0.717, 1.165) is 10.0 Å². The number of esters is 1. The molecule has 7 nitrogen and oxygen atoms in total. The Labute approximate surface area is 187 Å². The Hall–Kier alpha value is -3.65. The molecule has 0 fully saturated rings. The van der Waals surface area contributed by atoms with Crippen LogP contribution in [0.2, 0.25) is 0 Å². The molecule has 31 heavy (non-hydrogen) atoms. The van der Waals surface area contributed by atoms with E-state index in [1.807, 2.05) is 6.07 Å². The molecule has 3 rings (SSSR count). The van der Waals surface area contributed by atoms with Gasteiger partial charge in [0.1, 0.15) is 5.75 Å². The highest BCUT2D eigenvalue weighted by atomic mass is 79.9. The number of hydrogen-bond acceptors (Lipinski definition) is 6. The molecular weight excluding hydrogens is 464 g/mol. The van der Waals surface area contributed by atoms with Crippen LogP contribution in [0.4, 0.5) is 0 Å². The molecule has 3 aromatic carbocycles. The summed E-state index contributed by atoms with van der Waals surface area (Å²) < 4.78 is 16.6. The Morgan fingerprint density at radius 1 is 0.903 bits per heavy atom. The molecule has 0 heterocycles. The quantitative estimate of drug-likeness (QED) is 0.232. The molecule has 0 radical (unpaired) electrons. The van der Waals surface area contributed by atoms with Gasteiger partial charge >= 0.3 is 5.97 Å². The Morgan fingerprint density at radius 3 is 2.32 bits per heavy atom. The Morgan fingerprint density at radius 2 is 1.65 bits per heavy atom. The third-order valence-electron chi connectivity index (χ3n) is 4.18. The molecule has 0 bridgehead atoms. The van der Waals surface area contributed by atoms with Crippen molar-refractivity contribution in [3.8, 4) is 17.2 Å². The fourth-order valence-corrected chi connectivity index (χ4v) is 3.01. The third-order valence-corrected chi connectivity index (χ3v) is 4.67.